The van der Waals surface area contributed by atoms with Crippen molar-refractivity contribution in [2.75, 3.05) is 19.0 Å². The minimum absolute atomic E-state index is 0.0963. The summed E-state index contributed by atoms with van der Waals surface area (Å²) in [6, 6.07) is 3.80. The number of nitrogens with zero attached hydrogens (tertiary/aromatic N) is 3. The number of benzene rings is 1. The SMILES string of the molecule is CN(C)c1ccc(Br)c([C@@H]2C=C[C@H]3[C@@H](c4cc(C(F)(F)F)cc(C(F)(F)F)c4)CC(=O)N23)n1. The van der Waals surface area contributed by atoms with Gasteiger partial charge >= 0.3 is 12.4 Å². The number of alkyl halides is 6. The molecule has 3 heterocycles. The first-order valence-electron chi connectivity index (χ1n) is 9.90. The Morgan fingerprint density at radius 1 is 1.00 bits per heavy atom. The summed E-state index contributed by atoms with van der Waals surface area (Å²) in [4.78, 5) is 20.7. The standard InChI is InChI=1S/C22H18BrF6N3O/c1-31(2)18-6-3-15(23)20(30-18)17-5-4-16-14(10-19(33)32(16)17)11-7-12(21(24,25)26)9-13(8-11)22(27,28)29/h3-9,14,16-17H,10H2,1-2H3/t14-,16+,17+/m1/s1. The van der Waals surface area contributed by atoms with Gasteiger partial charge in [-0.15, -0.1) is 0 Å². The molecule has 11 heteroatoms. The summed E-state index contributed by atoms with van der Waals surface area (Å²) in [7, 11) is 3.60. The topological polar surface area (TPSA) is 36.4 Å². The second-order valence-corrected chi connectivity index (χ2v) is 9.06. The summed E-state index contributed by atoms with van der Waals surface area (Å²) >= 11 is 3.43. The zero-order valence-corrected chi connectivity index (χ0v) is 19.0. The van der Waals surface area contributed by atoms with E-state index in [1.54, 1.807) is 43.3 Å². The second kappa shape index (κ2) is 8.03. The Labute approximate surface area is 194 Å². The number of carbonyl (C=O) groups excluding carboxylic acids is 1. The highest BCUT2D eigenvalue weighted by Gasteiger charge is 2.47. The van der Waals surface area contributed by atoms with E-state index < -0.39 is 41.5 Å². The fourth-order valence-electron chi connectivity index (χ4n) is 4.29. The Balaban J connectivity index is 1.73. The molecule has 3 atom stereocenters. The molecule has 0 radical (unpaired) electrons. The Hall–Kier alpha value is -2.56. The number of fused-ring (bicyclic) bond motifs is 1. The molecule has 1 aromatic carbocycles. The lowest BCUT2D eigenvalue weighted by atomic mass is 9.89. The normalized spacial score (nSPS) is 22.8. The molecule has 4 nitrogen and oxygen atoms in total. The van der Waals surface area contributed by atoms with Gasteiger partial charge < -0.3 is 9.80 Å². The van der Waals surface area contributed by atoms with Gasteiger partial charge in [0.1, 0.15) is 5.82 Å². The molecule has 0 saturated carbocycles. The van der Waals surface area contributed by atoms with Crippen molar-refractivity contribution in [1.29, 1.82) is 0 Å². The monoisotopic (exact) mass is 533 g/mol. The maximum absolute atomic E-state index is 13.3. The van der Waals surface area contributed by atoms with Gasteiger partial charge in [0.25, 0.3) is 0 Å². The number of anilines is 1. The molecule has 4 rings (SSSR count). The van der Waals surface area contributed by atoms with E-state index in [9.17, 15) is 31.1 Å². The fourth-order valence-corrected chi connectivity index (χ4v) is 4.74. The lowest BCUT2D eigenvalue weighted by molar-refractivity contribution is -0.143. The predicted molar refractivity (Wildman–Crippen MR) is 113 cm³/mol. The van der Waals surface area contributed by atoms with Crippen LogP contribution < -0.4 is 4.90 Å². The zero-order valence-electron chi connectivity index (χ0n) is 17.4. The molecule has 2 aliphatic heterocycles. The van der Waals surface area contributed by atoms with Gasteiger partial charge in [-0.05, 0) is 51.8 Å². The van der Waals surface area contributed by atoms with Crippen LogP contribution in [0.3, 0.4) is 0 Å². The van der Waals surface area contributed by atoms with Crippen LogP contribution >= 0.6 is 15.9 Å². The number of aromatic nitrogens is 1. The first kappa shape index (κ1) is 23.6. The molecule has 1 fully saturated rings. The van der Waals surface area contributed by atoms with Gasteiger partial charge in [0.05, 0.1) is 28.9 Å². The van der Waals surface area contributed by atoms with E-state index in [1.807, 2.05) is 0 Å². The molecule has 0 unspecified atom stereocenters. The maximum atomic E-state index is 13.3. The average Bonchev–Trinajstić information content (AvgIpc) is 3.28. The molecule has 2 aromatic rings. The van der Waals surface area contributed by atoms with Crippen molar-refractivity contribution < 1.29 is 31.1 Å². The van der Waals surface area contributed by atoms with Crippen LogP contribution in [-0.4, -0.2) is 35.9 Å². The molecule has 2 aliphatic rings. The molecule has 33 heavy (non-hydrogen) atoms. The highest BCUT2D eigenvalue weighted by Crippen LogP contribution is 2.47. The molecule has 0 aliphatic carbocycles. The Kier molecular flexibility index (Phi) is 5.74. The van der Waals surface area contributed by atoms with E-state index >= 15 is 0 Å². The summed E-state index contributed by atoms with van der Waals surface area (Å²) in [5, 5.41) is 0. The minimum Gasteiger partial charge on any atom is -0.363 e. The molecule has 1 saturated heterocycles. The summed E-state index contributed by atoms with van der Waals surface area (Å²) in [5.74, 6) is -0.575. The van der Waals surface area contributed by atoms with Gasteiger partial charge in [0, 0.05) is 30.9 Å². The number of hydrogen-bond donors (Lipinski definition) is 0. The highest BCUT2D eigenvalue weighted by molar-refractivity contribution is 9.10. The largest absolute Gasteiger partial charge is 0.416 e. The number of hydrogen-bond acceptors (Lipinski definition) is 3. The summed E-state index contributed by atoms with van der Waals surface area (Å²) in [6.45, 7) is 0. The maximum Gasteiger partial charge on any atom is 0.416 e. The van der Waals surface area contributed by atoms with Crippen LogP contribution in [-0.2, 0) is 17.1 Å². The first-order valence-corrected chi connectivity index (χ1v) is 10.7. The van der Waals surface area contributed by atoms with Gasteiger partial charge in [0.2, 0.25) is 5.91 Å². The van der Waals surface area contributed by atoms with Gasteiger partial charge in [-0.1, -0.05) is 12.2 Å². The van der Waals surface area contributed by atoms with E-state index in [0.717, 1.165) is 0 Å². The predicted octanol–water partition coefficient (Wildman–Crippen LogP) is 5.94. The molecule has 0 spiro atoms. The smallest absolute Gasteiger partial charge is 0.363 e. The molecule has 1 aromatic heterocycles. The van der Waals surface area contributed by atoms with Crippen molar-refractivity contribution in [3.8, 4) is 0 Å². The summed E-state index contributed by atoms with van der Waals surface area (Å²) in [6.07, 6.45) is -6.74. The van der Waals surface area contributed by atoms with Crippen molar-refractivity contribution >= 4 is 27.7 Å². The van der Waals surface area contributed by atoms with Crippen molar-refractivity contribution in [3.05, 3.63) is 69.3 Å². The van der Waals surface area contributed by atoms with E-state index in [2.05, 4.69) is 20.9 Å². The van der Waals surface area contributed by atoms with Crippen LogP contribution in [0.5, 0.6) is 0 Å². The lowest BCUT2D eigenvalue weighted by Gasteiger charge is -2.27. The van der Waals surface area contributed by atoms with Gasteiger partial charge in [0.15, 0.2) is 0 Å². The summed E-state index contributed by atoms with van der Waals surface area (Å²) in [5.41, 5.74) is -2.41. The fraction of sp³-hybridized carbons (Fsp3) is 0.364. The second-order valence-electron chi connectivity index (χ2n) is 8.20. The van der Waals surface area contributed by atoms with Crippen molar-refractivity contribution in [2.24, 2.45) is 0 Å². The van der Waals surface area contributed by atoms with Gasteiger partial charge in [-0.25, -0.2) is 4.98 Å². The van der Waals surface area contributed by atoms with Crippen LogP contribution in [0.25, 0.3) is 0 Å². The Morgan fingerprint density at radius 3 is 2.15 bits per heavy atom. The van der Waals surface area contributed by atoms with Gasteiger partial charge in [-0.3, -0.25) is 4.79 Å². The van der Waals surface area contributed by atoms with E-state index in [-0.39, 0.29) is 24.0 Å². The van der Waals surface area contributed by atoms with Crippen molar-refractivity contribution in [2.45, 2.75) is 36.8 Å². The third kappa shape index (κ3) is 4.34. The van der Waals surface area contributed by atoms with Crippen molar-refractivity contribution in [1.82, 2.24) is 9.88 Å². The van der Waals surface area contributed by atoms with Crippen LogP contribution in [0.1, 0.15) is 40.8 Å². The zero-order chi connectivity index (χ0) is 24.3. The molecule has 0 N–H and O–H groups in total. The number of pyridine rings is 1. The average molecular weight is 534 g/mol. The lowest BCUT2D eigenvalue weighted by Crippen LogP contribution is -2.32. The van der Waals surface area contributed by atoms with E-state index in [1.165, 1.54) is 4.90 Å². The number of halogens is 7. The number of rotatable bonds is 3. The first-order chi connectivity index (χ1) is 15.3. The minimum atomic E-state index is -4.95. The quantitative estimate of drug-likeness (QED) is 0.361. The highest BCUT2D eigenvalue weighted by atomic mass is 79.9. The third-order valence-electron chi connectivity index (χ3n) is 5.84. The molecule has 1 amide bonds. The third-order valence-corrected chi connectivity index (χ3v) is 6.51. The Bertz CT molecular complexity index is 1100. The van der Waals surface area contributed by atoms with Crippen LogP contribution in [0.15, 0.2) is 47.0 Å². The number of carbonyl (C=O) groups is 1. The van der Waals surface area contributed by atoms with Gasteiger partial charge in [-0.2, -0.15) is 26.3 Å². The summed E-state index contributed by atoms with van der Waals surface area (Å²) < 4.78 is 80.6. The van der Waals surface area contributed by atoms with E-state index in [0.29, 0.717) is 28.1 Å². The van der Waals surface area contributed by atoms with Crippen LogP contribution in [0, 0.1) is 0 Å². The number of amides is 1. The molecular weight excluding hydrogens is 516 g/mol. The van der Waals surface area contributed by atoms with E-state index in [4.69, 9.17) is 0 Å². The molecular formula is C22H18BrF6N3O. The van der Waals surface area contributed by atoms with Crippen LogP contribution in [0.2, 0.25) is 0 Å². The Morgan fingerprint density at radius 2 is 1.61 bits per heavy atom. The van der Waals surface area contributed by atoms with Crippen molar-refractivity contribution in [3.63, 3.8) is 0 Å². The molecule has 0 bridgehead atoms. The van der Waals surface area contributed by atoms with Crippen LogP contribution in [0.4, 0.5) is 32.2 Å². The molecule has 176 valence electrons.